The second-order valence-corrected chi connectivity index (χ2v) is 7.58. The van der Waals surface area contributed by atoms with Gasteiger partial charge in [-0.25, -0.2) is 15.0 Å². The SMILES string of the molecule is CCNC(=NCc1ccnc(OCC2CC2)c1)NCc1ncc(CC)s1. The van der Waals surface area contributed by atoms with Crippen molar-refractivity contribution in [1.82, 2.24) is 20.6 Å². The van der Waals surface area contributed by atoms with E-state index in [9.17, 15) is 0 Å². The summed E-state index contributed by atoms with van der Waals surface area (Å²) in [5, 5.41) is 7.70. The van der Waals surface area contributed by atoms with Gasteiger partial charge in [0.15, 0.2) is 5.96 Å². The third-order valence-electron chi connectivity index (χ3n) is 4.08. The first kappa shape index (κ1) is 18.6. The number of nitrogens with one attached hydrogen (secondary N) is 2. The van der Waals surface area contributed by atoms with E-state index in [1.165, 1.54) is 17.7 Å². The van der Waals surface area contributed by atoms with E-state index < -0.39 is 0 Å². The Balaban J connectivity index is 1.54. The van der Waals surface area contributed by atoms with E-state index in [4.69, 9.17) is 4.74 Å². The Morgan fingerprint density at radius 1 is 1.31 bits per heavy atom. The van der Waals surface area contributed by atoms with Gasteiger partial charge in [0.2, 0.25) is 5.88 Å². The van der Waals surface area contributed by atoms with Crippen molar-refractivity contribution in [2.75, 3.05) is 13.2 Å². The molecule has 26 heavy (non-hydrogen) atoms. The monoisotopic (exact) mass is 373 g/mol. The predicted molar refractivity (Wildman–Crippen MR) is 106 cm³/mol. The Labute approximate surface area is 159 Å². The minimum Gasteiger partial charge on any atom is -0.477 e. The van der Waals surface area contributed by atoms with Gasteiger partial charge < -0.3 is 15.4 Å². The van der Waals surface area contributed by atoms with Crippen LogP contribution in [0, 0.1) is 5.92 Å². The Morgan fingerprint density at radius 2 is 2.19 bits per heavy atom. The number of aromatic nitrogens is 2. The number of pyridine rings is 1. The first-order valence-corrected chi connectivity index (χ1v) is 10.1. The molecule has 0 atom stereocenters. The van der Waals surface area contributed by atoms with Crippen LogP contribution in [0.25, 0.3) is 0 Å². The molecule has 2 aromatic heterocycles. The summed E-state index contributed by atoms with van der Waals surface area (Å²) in [5.41, 5.74) is 1.09. The van der Waals surface area contributed by atoms with Crippen molar-refractivity contribution in [2.45, 2.75) is 46.2 Å². The number of hydrogen-bond acceptors (Lipinski definition) is 5. The van der Waals surface area contributed by atoms with Crippen LogP contribution in [-0.4, -0.2) is 29.1 Å². The van der Waals surface area contributed by atoms with Crippen LogP contribution in [0.4, 0.5) is 0 Å². The van der Waals surface area contributed by atoms with Crippen molar-refractivity contribution in [1.29, 1.82) is 0 Å². The lowest BCUT2D eigenvalue weighted by molar-refractivity contribution is 0.288. The summed E-state index contributed by atoms with van der Waals surface area (Å²) < 4.78 is 5.75. The van der Waals surface area contributed by atoms with Crippen molar-refractivity contribution in [3.05, 3.63) is 40.0 Å². The molecule has 7 heteroatoms. The molecule has 6 nitrogen and oxygen atoms in total. The van der Waals surface area contributed by atoms with Crippen LogP contribution >= 0.6 is 11.3 Å². The molecule has 0 radical (unpaired) electrons. The van der Waals surface area contributed by atoms with Gasteiger partial charge in [-0.15, -0.1) is 11.3 Å². The van der Waals surface area contributed by atoms with Crippen LogP contribution in [0.5, 0.6) is 5.88 Å². The molecule has 2 heterocycles. The molecule has 1 aliphatic rings. The zero-order chi connectivity index (χ0) is 18.2. The number of thiazole rings is 1. The molecule has 0 aromatic carbocycles. The van der Waals surface area contributed by atoms with Crippen LogP contribution in [0.15, 0.2) is 29.5 Å². The maximum atomic E-state index is 5.75. The van der Waals surface area contributed by atoms with E-state index in [1.807, 2.05) is 18.3 Å². The number of ether oxygens (including phenoxy) is 1. The summed E-state index contributed by atoms with van der Waals surface area (Å²) >= 11 is 1.74. The second-order valence-electron chi connectivity index (χ2n) is 6.38. The van der Waals surface area contributed by atoms with Gasteiger partial charge in [-0.2, -0.15) is 0 Å². The molecule has 2 N–H and O–H groups in total. The van der Waals surface area contributed by atoms with Crippen molar-refractivity contribution >= 4 is 17.3 Å². The Morgan fingerprint density at radius 3 is 2.92 bits per heavy atom. The smallest absolute Gasteiger partial charge is 0.213 e. The molecule has 0 spiro atoms. The van der Waals surface area contributed by atoms with Crippen LogP contribution in [0.1, 0.15) is 42.1 Å². The van der Waals surface area contributed by atoms with E-state index in [0.717, 1.165) is 42.0 Å². The Hall–Kier alpha value is -2.15. The molecule has 0 unspecified atom stereocenters. The van der Waals surface area contributed by atoms with Crippen LogP contribution in [-0.2, 0) is 19.5 Å². The number of aryl methyl sites for hydroxylation is 1. The van der Waals surface area contributed by atoms with Gasteiger partial charge in [-0.3, -0.25) is 0 Å². The predicted octanol–water partition coefficient (Wildman–Crippen LogP) is 3.14. The molecule has 0 bridgehead atoms. The highest BCUT2D eigenvalue weighted by molar-refractivity contribution is 7.11. The average Bonchev–Trinajstić information content (AvgIpc) is 3.39. The van der Waals surface area contributed by atoms with Gasteiger partial charge in [0, 0.05) is 29.9 Å². The molecule has 1 fully saturated rings. The van der Waals surface area contributed by atoms with Gasteiger partial charge in [-0.05, 0) is 43.7 Å². The number of aliphatic imine (C=N–C) groups is 1. The standard InChI is InChI=1S/C19H27N5OS/c1-3-16-11-22-18(26-16)12-24-19(20-4-2)23-10-15-7-8-21-17(9-15)25-13-14-5-6-14/h7-9,11,14H,3-6,10,12-13H2,1-2H3,(H2,20,23,24). The summed E-state index contributed by atoms with van der Waals surface area (Å²) in [6, 6.07) is 3.95. The van der Waals surface area contributed by atoms with Gasteiger partial charge in [-0.1, -0.05) is 6.92 Å². The van der Waals surface area contributed by atoms with Crippen molar-refractivity contribution in [3.63, 3.8) is 0 Å². The normalized spacial score (nSPS) is 14.3. The fraction of sp³-hybridized carbons (Fsp3) is 0.526. The molecule has 1 aliphatic carbocycles. The lowest BCUT2D eigenvalue weighted by atomic mass is 10.3. The lowest BCUT2D eigenvalue weighted by Gasteiger charge is -2.10. The van der Waals surface area contributed by atoms with Gasteiger partial charge in [0.25, 0.3) is 0 Å². The molecule has 1 saturated carbocycles. The van der Waals surface area contributed by atoms with Crippen molar-refractivity contribution < 1.29 is 4.74 Å². The fourth-order valence-electron chi connectivity index (χ4n) is 2.38. The van der Waals surface area contributed by atoms with Gasteiger partial charge in [0.05, 0.1) is 19.7 Å². The minimum atomic E-state index is 0.579. The van der Waals surface area contributed by atoms with Crippen molar-refractivity contribution in [2.24, 2.45) is 10.9 Å². The molecule has 2 aromatic rings. The molecule has 3 rings (SSSR count). The Bertz CT molecular complexity index is 726. The highest BCUT2D eigenvalue weighted by Gasteiger charge is 2.22. The Kier molecular flexibility index (Phi) is 6.82. The topological polar surface area (TPSA) is 71.4 Å². The zero-order valence-corrected chi connectivity index (χ0v) is 16.3. The number of guanidine groups is 1. The van der Waals surface area contributed by atoms with Gasteiger partial charge >= 0.3 is 0 Å². The van der Waals surface area contributed by atoms with E-state index in [1.54, 1.807) is 17.5 Å². The van der Waals surface area contributed by atoms with Crippen LogP contribution < -0.4 is 15.4 Å². The fourth-order valence-corrected chi connectivity index (χ4v) is 3.18. The number of rotatable bonds is 9. The first-order chi connectivity index (χ1) is 12.8. The van der Waals surface area contributed by atoms with E-state index >= 15 is 0 Å². The van der Waals surface area contributed by atoms with E-state index in [2.05, 4.69) is 39.4 Å². The largest absolute Gasteiger partial charge is 0.477 e. The summed E-state index contributed by atoms with van der Waals surface area (Å²) in [4.78, 5) is 14.7. The van der Waals surface area contributed by atoms with E-state index in [-0.39, 0.29) is 0 Å². The minimum absolute atomic E-state index is 0.579. The highest BCUT2D eigenvalue weighted by Crippen LogP contribution is 2.29. The summed E-state index contributed by atoms with van der Waals surface area (Å²) in [6.07, 6.45) is 7.32. The molecule has 140 valence electrons. The zero-order valence-electron chi connectivity index (χ0n) is 15.5. The molecule has 0 aliphatic heterocycles. The second kappa shape index (κ2) is 9.52. The number of nitrogens with zero attached hydrogens (tertiary/aromatic N) is 3. The maximum absolute atomic E-state index is 5.75. The highest BCUT2D eigenvalue weighted by atomic mass is 32.1. The third-order valence-corrected chi connectivity index (χ3v) is 5.23. The maximum Gasteiger partial charge on any atom is 0.213 e. The average molecular weight is 374 g/mol. The first-order valence-electron chi connectivity index (χ1n) is 9.30. The summed E-state index contributed by atoms with van der Waals surface area (Å²) in [6.45, 7) is 7.06. The van der Waals surface area contributed by atoms with Crippen LogP contribution in [0.3, 0.4) is 0 Å². The number of hydrogen-bond donors (Lipinski definition) is 2. The summed E-state index contributed by atoms with van der Waals surface area (Å²) in [5.74, 6) is 2.21. The quantitative estimate of drug-likeness (QED) is 0.522. The van der Waals surface area contributed by atoms with E-state index in [0.29, 0.717) is 19.0 Å². The lowest BCUT2D eigenvalue weighted by Crippen LogP contribution is -2.36. The van der Waals surface area contributed by atoms with Crippen molar-refractivity contribution in [3.8, 4) is 5.88 Å². The molecular formula is C19H27N5OS. The summed E-state index contributed by atoms with van der Waals surface area (Å²) in [7, 11) is 0. The van der Waals surface area contributed by atoms with Crippen LogP contribution in [0.2, 0.25) is 0 Å². The molecular weight excluding hydrogens is 346 g/mol. The molecule has 0 amide bonds. The third kappa shape index (κ3) is 5.98. The molecule has 0 saturated heterocycles. The van der Waals surface area contributed by atoms with Gasteiger partial charge in [0.1, 0.15) is 5.01 Å².